The highest BCUT2D eigenvalue weighted by Crippen LogP contribution is 2.10. The molecule has 0 atom stereocenters. The molecule has 0 fully saturated rings. The Morgan fingerprint density at radius 3 is 2.19 bits per heavy atom. The maximum atomic E-state index is 3.29. The second-order valence-corrected chi connectivity index (χ2v) is 4.61. The zero-order valence-corrected chi connectivity index (χ0v) is 10.7. The van der Waals surface area contributed by atoms with Crippen LogP contribution in [0.5, 0.6) is 0 Å². The van der Waals surface area contributed by atoms with Crippen molar-refractivity contribution in [3.05, 3.63) is 35.9 Å². The SMILES string of the molecule is CCCCCCCCCCc1[c]cccc1. The molecule has 0 nitrogen and oxygen atoms in total. The van der Waals surface area contributed by atoms with E-state index in [1.54, 1.807) is 0 Å². The van der Waals surface area contributed by atoms with Crippen molar-refractivity contribution >= 4 is 0 Å². The molecular weight excluding hydrogens is 192 g/mol. The van der Waals surface area contributed by atoms with Crippen molar-refractivity contribution < 1.29 is 0 Å². The quantitative estimate of drug-likeness (QED) is 0.501. The lowest BCUT2D eigenvalue weighted by molar-refractivity contribution is 0.575. The lowest BCUT2D eigenvalue weighted by Crippen LogP contribution is -1.86. The monoisotopic (exact) mass is 217 g/mol. The van der Waals surface area contributed by atoms with Crippen LogP contribution in [0.2, 0.25) is 0 Å². The van der Waals surface area contributed by atoms with E-state index in [0.717, 1.165) is 0 Å². The minimum Gasteiger partial charge on any atom is -0.0654 e. The van der Waals surface area contributed by atoms with Crippen molar-refractivity contribution in [1.29, 1.82) is 0 Å². The number of benzene rings is 1. The third-order valence-corrected chi connectivity index (χ3v) is 3.07. The first kappa shape index (κ1) is 13.3. The average Bonchev–Trinajstić information content (AvgIpc) is 2.34. The van der Waals surface area contributed by atoms with Gasteiger partial charge in [0.25, 0.3) is 0 Å². The van der Waals surface area contributed by atoms with Crippen molar-refractivity contribution in [3.63, 3.8) is 0 Å². The van der Waals surface area contributed by atoms with Crippen molar-refractivity contribution in [2.24, 2.45) is 0 Å². The first-order valence-corrected chi connectivity index (χ1v) is 6.89. The topological polar surface area (TPSA) is 0 Å². The van der Waals surface area contributed by atoms with Crippen molar-refractivity contribution in [2.45, 2.75) is 64.7 Å². The Morgan fingerprint density at radius 2 is 1.56 bits per heavy atom. The van der Waals surface area contributed by atoms with Gasteiger partial charge < -0.3 is 0 Å². The van der Waals surface area contributed by atoms with Gasteiger partial charge in [-0.2, -0.15) is 0 Å². The molecule has 0 bridgehead atoms. The zero-order valence-electron chi connectivity index (χ0n) is 10.7. The highest BCUT2D eigenvalue weighted by Gasteiger charge is 1.93. The third-order valence-electron chi connectivity index (χ3n) is 3.07. The lowest BCUT2D eigenvalue weighted by Gasteiger charge is -2.02. The fourth-order valence-corrected chi connectivity index (χ4v) is 2.04. The number of hydrogen-bond acceptors (Lipinski definition) is 0. The molecule has 89 valence electrons. The predicted molar refractivity (Wildman–Crippen MR) is 71.6 cm³/mol. The Hall–Kier alpha value is -0.780. The van der Waals surface area contributed by atoms with Gasteiger partial charge in [0.05, 0.1) is 0 Å². The Morgan fingerprint density at radius 1 is 0.875 bits per heavy atom. The van der Waals surface area contributed by atoms with Crippen molar-refractivity contribution in [1.82, 2.24) is 0 Å². The summed E-state index contributed by atoms with van der Waals surface area (Å²) in [5.74, 6) is 0. The van der Waals surface area contributed by atoms with Crippen LogP contribution >= 0.6 is 0 Å². The number of aryl methyl sites for hydroxylation is 1. The van der Waals surface area contributed by atoms with Crippen LogP contribution < -0.4 is 0 Å². The Bertz CT molecular complexity index is 237. The average molecular weight is 217 g/mol. The van der Waals surface area contributed by atoms with E-state index in [9.17, 15) is 0 Å². The molecule has 0 saturated heterocycles. The highest BCUT2D eigenvalue weighted by atomic mass is 14.0. The maximum Gasteiger partial charge on any atom is -0.0149 e. The molecule has 0 amide bonds. The standard InChI is InChI=1S/C16H25/c1-2-3-4-5-6-7-8-10-13-16-14-11-9-12-15-16/h9,11-12,14H,2-8,10,13H2,1H3. The molecule has 0 aromatic heterocycles. The smallest absolute Gasteiger partial charge is 0.0149 e. The van der Waals surface area contributed by atoms with Crippen LogP contribution in [-0.4, -0.2) is 0 Å². The molecule has 1 aromatic carbocycles. The van der Waals surface area contributed by atoms with E-state index in [1.807, 2.05) is 12.1 Å². The summed E-state index contributed by atoms with van der Waals surface area (Å²) < 4.78 is 0. The van der Waals surface area contributed by atoms with Gasteiger partial charge in [0.2, 0.25) is 0 Å². The summed E-state index contributed by atoms with van der Waals surface area (Å²) in [7, 11) is 0. The summed E-state index contributed by atoms with van der Waals surface area (Å²) in [6.45, 7) is 2.27. The van der Waals surface area contributed by atoms with Crippen LogP contribution in [0, 0.1) is 6.07 Å². The fraction of sp³-hybridized carbons (Fsp3) is 0.625. The molecule has 0 aliphatic heterocycles. The summed E-state index contributed by atoms with van der Waals surface area (Å²) in [5.41, 5.74) is 1.37. The van der Waals surface area contributed by atoms with E-state index in [2.05, 4.69) is 25.1 Å². The second kappa shape index (κ2) is 9.45. The molecule has 0 aliphatic rings. The van der Waals surface area contributed by atoms with Gasteiger partial charge in [-0.25, -0.2) is 0 Å². The van der Waals surface area contributed by atoms with E-state index in [4.69, 9.17) is 0 Å². The van der Waals surface area contributed by atoms with Crippen LogP contribution in [-0.2, 0) is 6.42 Å². The molecule has 1 rings (SSSR count). The van der Waals surface area contributed by atoms with Gasteiger partial charge in [-0.15, -0.1) is 0 Å². The number of rotatable bonds is 9. The van der Waals surface area contributed by atoms with Crippen LogP contribution in [0.3, 0.4) is 0 Å². The molecule has 16 heavy (non-hydrogen) atoms. The number of unbranched alkanes of at least 4 members (excludes halogenated alkanes) is 7. The van der Waals surface area contributed by atoms with Gasteiger partial charge in [0, 0.05) is 0 Å². The summed E-state index contributed by atoms with van der Waals surface area (Å²) in [6.07, 6.45) is 12.4. The third kappa shape index (κ3) is 6.66. The minimum atomic E-state index is 1.20. The first-order valence-electron chi connectivity index (χ1n) is 6.89. The van der Waals surface area contributed by atoms with Gasteiger partial charge in [-0.05, 0) is 24.5 Å². The Labute approximate surface area is 101 Å². The highest BCUT2D eigenvalue weighted by molar-refractivity contribution is 5.12. The fourth-order valence-electron chi connectivity index (χ4n) is 2.04. The van der Waals surface area contributed by atoms with Gasteiger partial charge >= 0.3 is 0 Å². The minimum absolute atomic E-state index is 1.20. The van der Waals surface area contributed by atoms with Crippen molar-refractivity contribution in [3.8, 4) is 0 Å². The predicted octanol–water partition coefficient (Wildman–Crippen LogP) is 5.17. The second-order valence-electron chi connectivity index (χ2n) is 4.61. The molecule has 1 radical (unpaired) electrons. The molecule has 0 N–H and O–H groups in total. The van der Waals surface area contributed by atoms with E-state index in [0.29, 0.717) is 0 Å². The Balaban J connectivity index is 1.89. The van der Waals surface area contributed by atoms with E-state index < -0.39 is 0 Å². The van der Waals surface area contributed by atoms with E-state index >= 15 is 0 Å². The van der Waals surface area contributed by atoms with Crippen LogP contribution in [0.4, 0.5) is 0 Å². The summed E-state index contributed by atoms with van der Waals surface area (Å²) in [5, 5.41) is 0. The maximum absolute atomic E-state index is 3.29. The molecule has 0 heterocycles. The summed E-state index contributed by atoms with van der Waals surface area (Å²) in [4.78, 5) is 0. The summed E-state index contributed by atoms with van der Waals surface area (Å²) in [6, 6.07) is 11.6. The van der Waals surface area contributed by atoms with Crippen LogP contribution in [0.15, 0.2) is 24.3 Å². The van der Waals surface area contributed by atoms with E-state index in [-0.39, 0.29) is 0 Å². The van der Waals surface area contributed by atoms with Gasteiger partial charge in [-0.3, -0.25) is 0 Å². The van der Waals surface area contributed by atoms with E-state index in [1.165, 1.54) is 63.4 Å². The normalized spacial score (nSPS) is 10.6. The van der Waals surface area contributed by atoms with Crippen LogP contribution in [0.1, 0.15) is 63.9 Å². The molecule has 0 heteroatoms. The van der Waals surface area contributed by atoms with Gasteiger partial charge in [-0.1, -0.05) is 76.1 Å². The first-order chi connectivity index (χ1) is 7.93. The summed E-state index contributed by atoms with van der Waals surface area (Å²) >= 11 is 0. The van der Waals surface area contributed by atoms with Crippen LogP contribution in [0.25, 0.3) is 0 Å². The number of hydrogen-bond donors (Lipinski definition) is 0. The molecule has 0 saturated carbocycles. The molecule has 0 spiro atoms. The molecule has 1 aromatic rings. The zero-order chi connectivity index (χ0) is 11.5. The molecular formula is C16H25. The largest absolute Gasteiger partial charge is 0.0654 e. The van der Waals surface area contributed by atoms with Gasteiger partial charge in [0.1, 0.15) is 0 Å². The Kier molecular flexibility index (Phi) is 7.84. The molecule has 0 aliphatic carbocycles. The van der Waals surface area contributed by atoms with Gasteiger partial charge in [0.15, 0.2) is 0 Å². The lowest BCUT2D eigenvalue weighted by atomic mass is 10.0. The van der Waals surface area contributed by atoms with Crippen molar-refractivity contribution in [2.75, 3.05) is 0 Å². The molecule has 0 unspecified atom stereocenters.